The minimum absolute atomic E-state index is 0.0968. The minimum atomic E-state index is -0.0968. The molecular weight excluding hydrogens is 249 g/mol. The molecule has 1 nitrogen and oxygen atoms in total. The van der Waals surface area contributed by atoms with E-state index in [1.54, 1.807) is 12.1 Å². The lowest BCUT2D eigenvalue weighted by Gasteiger charge is -2.50. The molecule has 1 heterocycles. The first-order valence-corrected chi connectivity index (χ1v) is 8.07. The van der Waals surface area contributed by atoms with Crippen molar-refractivity contribution in [1.82, 2.24) is 5.32 Å². The van der Waals surface area contributed by atoms with Gasteiger partial charge in [-0.1, -0.05) is 26.0 Å². The van der Waals surface area contributed by atoms with Gasteiger partial charge in [0.15, 0.2) is 0 Å². The van der Waals surface area contributed by atoms with Crippen molar-refractivity contribution < 1.29 is 4.39 Å². The van der Waals surface area contributed by atoms with Gasteiger partial charge >= 0.3 is 0 Å². The summed E-state index contributed by atoms with van der Waals surface area (Å²) in [5.41, 5.74) is 1.59. The largest absolute Gasteiger partial charge is 0.316 e. The predicted molar refractivity (Wildman–Crippen MR) is 81.2 cm³/mol. The Hall–Kier alpha value is -0.890. The van der Waals surface area contributed by atoms with Gasteiger partial charge in [0.2, 0.25) is 0 Å². The molecule has 110 valence electrons. The van der Waals surface area contributed by atoms with Gasteiger partial charge in [0.1, 0.15) is 5.82 Å². The minimum Gasteiger partial charge on any atom is -0.316 e. The molecule has 0 bridgehead atoms. The molecule has 1 aliphatic heterocycles. The Morgan fingerprint density at radius 2 is 2.05 bits per heavy atom. The van der Waals surface area contributed by atoms with Gasteiger partial charge in [-0.15, -0.1) is 0 Å². The molecule has 20 heavy (non-hydrogen) atoms. The molecule has 0 amide bonds. The Bertz CT molecular complexity index is 472. The first kappa shape index (κ1) is 14.1. The molecule has 4 atom stereocenters. The lowest BCUT2D eigenvalue weighted by molar-refractivity contribution is 0.0487. The molecule has 1 N–H and O–H groups in total. The third-order valence-corrected chi connectivity index (χ3v) is 5.94. The molecule has 4 unspecified atom stereocenters. The number of hydrogen-bond acceptors (Lipinski definition) is 1. The zero-order chi connectivity index (χ0) is 14.2. The maximum atomic E-state index is 13.6. The van der Waals surface area contributed by atoms with Crippen LogP contribution >= 0.6 is 0 Å². The number of halogens is 1. The van der Waals surface area contributed by atoms with Crippen LogP contribution in [0.1, 0.15) is 51.0 Å². The zero-order valence-electron chi connectivity index (χ0n) is 12.7. The summed E-state index contributed by atoms with van der Waals surface area (Å²) in [5, 5.41) is 3.53. The second-order valence-electron chi connectivity index (χ2n) is 7.12. The fourth-order valence-electron chi connectivity index (χ4n) is 4.46. The highest BCUT2D eigenvalue weighted by Crippen LogP contribution is 2.53. The van der Waals surface area contributed by atoms with E-state index in [2.05, 4.69) is 25.2 Å². The number of nitrogens with one attached hydrogen (secondary N) is 1. The second kappa shape index (κ2) is 5.48. The summed E-state index contributed by atoms with van der Waals surface area (Å²) in [6.07, 6.45) is 5.18. The van der Waals surface area contributed by atoms with Crippen molar-refractivity contribution in [2.45, 2.75) is 45.4 Å². The van der Waals surface area contributed by atoms with E-state index in [0.717, 1.165) is 24.9 Å². The van der Waals surface area contributed by atoms with E-state index in [1.807, 2.05) is 6.07 Å². The Balaban J connectivity index is 1.91. The van der Waals surface area contributed by atoms with E-state index < -0.39 is 0 Å². The van der Waals surface area contributed by atoms with Crippen molar-refractivity contribution in [3.63, 3.8) is 0 Å². The second-order valence-corrected chi connectivity index (χ2v) is 7.12. The van der Waals surface area contributed by atoms with E-state index >= 15 is 0 Å². The van der Waals surface area contributed by atoms with Crippen molar-refractivity contribution in [3.05, 3.63) is 35.6 Å². The molecule has 3 rings (SSSR count). The van der Waals surface area contributed by atoms with Crippen LogP contribution in [0, 0.1) is 23.1 Å². The first-order chi connectivity index (χ1) is 9.61. The van der Waals surface area contributed by atoms with Gasteiger partial charge in [-0.2, -0.15) is 0 Å². The van der Waals surface area contributed by atoms with Gasteiger partial charge in [-0.25, -0.2) is 4.39 Å². The van der Waals surface area contributed by atoms with Gasteiger partial charge in [0.05, 0.1) is 0 Å². The van der Waals surface area contributed by atoms with Crippen molar-refractivity contribution in [2.24, 2.45) is 17.3 Å². The SMILES string of the molecule is CC1CCC2(CCNCC2c2cccc(F)c2)CC1C. The molecule has 1 aromatic carbocycles. The molecule has 1 spiro atoms. The Kier molecular flexibility index (Phi) is 3.85. The van der Waals surface area contributed by atoms with Crippen molar-refractivity contribution in [3.8, 4) is 0 Å². The van der Waals surface area contributed by atoms with Gasteiger partial charge in [0.25, 0.3) is 0 Å². The molecule has 1 saturated heterocycles. The predicted octanol–water partition coefficient (Wildman–Crippen LogP) is 4.35. The van der Waals surface area contributed by atoms with E-state index in [0.29, 0.717) is 11.3 Å². The number of hydrogen-bond donors (Lipinski definition) is 1. The van der Waals surface area contributed by atoms with Gasteiger partial charge in [0, 0.05) is 12.5 Å². The average molecular weight is 275 g/mol. The molecule has 2 fully saturated rings. The summed E-state index contributed by atoms with van der Waals surface area (Å²) in [5.74, 6) is 2.00. The van der Waals surface area contributed by atoms with Crippen LogP contribution < -0.4 is 5.32 Å². The van der Waals surface area contributed by atoms with Crippen molar-refractivity contribution in [1.29, 1.82) is 0 Å². The highest BCUT2D eigenvalue weighted by Gasteiger charge is 2.45. The van der Waals surface area contributed by atoms with Crippen LogP contribution in [-0.2, 0) is 0 Å². The first-order valence-electron chi connectivity index (χ1n) is 8.07. The molecule has 1 aliphatic carbocycles. The Labute approximate surface area is 122 Å². The van der Waals surface area contributed by atoms with Crippen LogP contribution in [0.3, 0.4) is 0 Å². The molecule has 1 saturated carbocycles. The summed E-state index contributed by atoms with van der Waals surface area (Å²) in [6.45, 7) is 6.91. The van der Waals surface area contributed by atoms with Crippen LogP contribution in [0.25, 0.3) is 0 Å². The van der Waals surface area contributed by atoms with Crippen molar-refractivity contribution >= 4 is 0 Å². The summed E-state index contributed by atoms with van der Waals surface area (Å²) in [7, 11) is 0. The summed E-state index contributed by atoms with van der Waals surface area (Å²) in [4.78, 5) is 0. The number of piperidine rings is 1. The maximum absolute atomic E-state index is 13.6. The van der Waals surface area contributed by atoms with Gasteiger partial charge in [-0.05, 0) is 67.2 Å². The molecular formula is C18H26FN. The third-order valence-electron chi connectivity index (χ3n) is 5.94. The fraction of sp³-hybridized carbons (Fsp3) is 0.667. The zero-order valence-corrected chi connectivity index (χ0v) is 12.7. The molecule has 2 heteroatoms. The maximum Gasteiger partial charge on any atom is 0.123 e. The smallest absolute Gasteiger partial charge is 0.123 e. The van der Waals surface area contributed by atoms with E-state index in [1.165, 1.54) is 31.2 Å². The summed E-state index contributed by atoms with van der Waals surface area (Å²) < 4.78 is 13.6. The monoisotopic (exact) mass is 275 g/mol. The standard InChI is InChI=1S/C18H26FN/c1-13-6-7-18(11-14(13)2)8-9-20-12-17(18)15-4-3-5-16(19)10-15/h3-5,10,13-14,17,20H,6-9,11-12H2,1-2H3. The van der Waals surface area contributed by atoms with Crippen LogP contribution in [0.15, 0.2) is 24.3 Å². The molecule has 2 aliphatic rings. The Morgan fingerprint density at radius 1 is 1.20 bits per heavy atom. The number of benzene rings is 1. The van der Waals surface area contributed by atoms with Crippen LogP contribution in [-0.4, -0.2) is 13.1 Å². The highest BCUT2D eigenvalue weighted by molar-refractivity contribution is 5.25. The van der Waals surface area contributed by atoms with E-state index in [4.69, 9.17) is 0 Å². The van der Waals surface area contributed by atoms with Crippen LogP contribution in [0.2, 0.25) is 0 Å². The fourth-order valence-corrected chi connectivity index (χ4v) is 4.46. The summed E-state index contributed by atoms with van der Waals surface area (Å²) >= 11 is 0. The Morgan fingerprint density at radius 3 is 2.80 bits per heavy atom. The normalized spacial score (nSPS) is 38.0. The van der Waals surface area contributed by atoms with Crippen LogP contribution in [0.5, 0.6) is 0 Å². The third kappa shape index (κ3) is 2.50. The average Bonchev–Trinajstić information content (AvgIpc) is 2.44. The topological polar surface area (TPSA) is 12.0 Å². The highest BCUT2D eigenvalue weighted by atomic mass is 19.1. The van der Waals surface area contributed by atoms with Gasteiger partial charge < -0.3 is 5.32 Å². The van der Waals surface area contributed by atoms with Crippen molar-refractivity contribution in [2.75, 3.05) is 13.1 Å². The quantitative estimate of drug-likeness (QED) is 0.803. The number of rotatable bonds is 1. The lowest BCUT2D eigenvalue weighted by Crippen LogP contribution is -2.47. The van der Waals surface area contributed by atoms with Crippen LogP contribution in [0.4, 0.5) is 4.39 Å². The van der Waals surface area contributed by atoms with E-state index in [-0.39, 0.29) is 5.82 Å². The van der Waals surface area contributed by atoms with Gasteiger partial charge in [-0.3, -0.25) is 0 Å². The lowest BCUT2D eigenvalue weighted by atomic mass is 9.56. The molecule has 1 aromatic rings. The molecule has 0 aromatic heterocycles. The summed E-state index contributed by atoms with van der Waals surface area (Å²) in [6, 6.07) is 7.28. The molecule has 0 radical (unpaired) electrons. The van der Waals surface area contributed by atoms with E-state index in [9.17, 15) is 4.39 Å².